The number of carbonyl (C=O) groups is 2. The number of nitrogens with zero attached hydrogens (tertiary/aromatic N) is 2. The van der Waals surface area contributed by atoms with E-state index in [1.807, 2.05) is 0 Å². The summed E-state index contributed by atoms with van der Waals surface area (Å²) in [4.78, 5) is 43.2. The van der Waals surface area contributed by atoms with Crippen LogP contribution < -0.4 is 30.4 Å². The first kappa shape index (κ1) is 32.4. The van der Waals surface area contributed by atoms with Gasteiger partial charge >= 0.3 is 0 Å². The molecule has 240 valence electrons. The summed E-state index contributed by atoms with van der Waals surface area (Å²) in [5, 5.41) is 5.81. The highest BCUT2D eigenvalue weighted by molar-refractivity contribution is 6.05. The number of halogens is 2. The van der Waals surface area contributed by atoms with E-state index < -0.39 is 23.1 Å². The molecule has 0 saturated heterocycles. The van der Waals surface area contributed by atoms with Crippen molar-refractivity contribution >= 4 is 28.4 Å². The number of nitrogens with one attached hydrogen (secondary N) is 2. The van der Waals surface area contributed by atoms with Gasteiger partial charge in [0.25, 0.3) is 11.5 Å². The third-order valence-electron chi connectivity index (χ3n) is 7.40. The maximum absolute atomic E-state index is 15.4. The van der Waals surface area contributed by atoms with Crippen LogP contribution >= 0.6 is 0 Å². The van der Waals surface area contributed by atoms with Gasteiger partial charge in [0.1, 0.15) is 17.1 Å². The number of benzene rings is 3. The lowest BCUT2D eigenvalue weighted by Gasteiger charge is -2.16. The molecule has 47 heavy (non-hydrogen) atoms. The predicted octanol–water partition coefficient (Wildman–Crippen LogP) is 5.88. The maximum Gasteiger partial charge on any atom is 0.268 e. The standard InChI is InChI=1S/C35H30F2N4O6/c1-5-32(42)39-14-12-21-19-41(24-9-6-22(36)7-10-24)35(44)33(20(21)2)34(43)40-23-8-11-29(26(37)16-23)47-28-13-15-38-27-18-31(46-4)30(45-3)17-25(27)28/h5-11,13,15-19H,1,12,14H2,2-4H3,(H,39,42)(H,40,43). The molecular weight excluding hydrogens is 610 g/mol. The number of fused-ring (bicyclic) bond motifs is 1. The highest BCUT2D eigenvalue weighted by Crippen LogP contribution is 2.37. The van der Waals surface area contributed by atoms with E-state index in [-0.39, 0.29) is 35.9 Å². The zero-order valence-electron chi connectivity index (χ0n) is 25.7. The minimum Gasteiger partial charge on any atom is -0.493 e. The van der Waals surface area contributed by atoms with Gasteiger partial charge in [-0.2, -0.15) is 0 Å². The van der Waals surface area contributed by atoms with Crippen LogP contribution in [0.15, 0.2) is 90.5 Å². The SMILES string of the molecule is C=CC(=O)NCCc1cn(-c2ccc(F)cc2)c(=O)c(C(=O)Nc2ccc(Oc3ccnc4cc(OC)c(OC)cc34)c(F)c2)c1C. The van der Waals surface area contributed by atoms with Gasteiger partial charge in [0.2, 0.25) is 5.91 Å². The van der Waals surface area contributed by atoms with E-state index in [2.05, 4.69) is 22.2 Å². The quantitative estimate of drug-likeness (QED) is 0.173. The fourth-order valence-electron chi connectivity index (χ4n) is 4.97. The molecule has 5 rings (SSSR count). The summed E-state index contributed by atoms with van der Waals surface area (Å²) in [6, 6.07) is 14.0. The van der Waals surface area contributed by atoms with Gasteiger partial charge in [0.05, 0.1) is 19.7 Å². The molecule has 0 unspecified atom stereocenters. The molecule has 0 radical (unpaired) electrons. The lowest BCUT2D eigenvalue weighted by Crippen LogP contribution is -2.31. The number of anilines is 1. The Morgan fingerprint density at radius 1 is 0.957 bits per heavy atom. The molecule has 0 saturated carbocycles. The monoisotopic (exact) mass is 640 g/mol. The molecule has 0 aliphatic rings. The smallest absolute Gasteiger partial charge is 0.268 e. The Bertz CT molecular complexity index is 2060. The lowest BCUT2D eigenvalue weighted by molar-refractivity contribution is -0.116. The Morgan fingerprint density at radius 3 is 2.36 bits per heavy atom. The van der Waals surface area contributed by atoms with Crippen molar-refractivity contribution in [3.8, 4) is 28.7 Å². The molecule has 0 aliphatic carbocycles. The molecule has 5 aromatic rings. The molecule has 0 spiro atoms. The summed E-state index contributed by atoms with van der Waals surface area (Å²) >= 11 is 0. The van der Waals surface area contributed by atoms with Crippen molar-refractivity contribution in [1.82, 2.24) is 14.9 Å². The number of aromatic nitrogens is 2. The summed E-state index contributed by atoms with van der Waals surface area (Å²) < 4.78 is 46.8. The fourth-order valence-corrected chi connectivity index (χ4v) is 4.97. The van der Waals surface area contributed by atoms with E-state index in [9.17, 15) is 18.8 Å². The second-order valence-corrected chi connectivity index (χ2v) is 10.3. The number of methoxy groups -OCH3 is 2. The molecule has 12 heteroatoms. The Kier molecular flexibility index (Phi) is 9.60. The second kappa shape index (κ2) is 13.9. The van der Waals surface area contributed by atoms with Crippen LogP contribution in [0, 0.1) is 18.6 Å². The average molecular weight is 641 g/mol. The van der Waals surface area contributed by atoms with Crippen LogP contribution in [-0.2, 0) is 11.2 Å². The Balaban J connectivity index is 1.44. The molecule has 0 bridgehead atoms. The van der Waals surface area contributed by atoms with E-state index in [4.69, 9.17) is 14.2 Å². The van der Waals surface area contributed by atoms with Gasteiger partial charge in [-0.05, 0) is 79.1 Å². The number of hydrogen-bond acceptors (Lipinski definition) is 7. The molecule has 0 aliphatic heterocycles. The Hall–Kier alpha value is -6.04. The van der Waals surface area contributed by atoms with Gasteiger partial charge in [-0.15, -0.1) is 0 Å². The number of hydrogen-bond donors (Lipinski definition) is 2. The van der Waals surface area contributed by atoms with E-state index >= 15 is 4.39 Å². The van der Waals surface area contributed by atoms with Crippen LogP contribution in [0.2, 0.25) is 0 Å². The maximum atomic E-state index is 15.4. The minimum atomic E-state index is -0.783. The van der Waals surface area contributed by atoms with Crippen LogP contribution in [0.5, 0.6) is 23.0 Å². The van der Waals surface area contributed by atoms with Crippen LogP contribution in [0.4, 0.5) is 14.5 Å². The van der Waals surface area contributed by atoms with Crippen molar-refractivity contribution < 1.29 is 32.6 Å². The lowest BCUT2D eigenvalue weighted by atomic mass is 10.0. The molecule has 10 nitrogen and oxygen atoms in total. The number of amides is 2. The van der Waals surface area contributed by atoms with E-state index in [0.717, 1.165) is 12.1 Å². The largest absolute Gasteiger partial charge is 0.493 e. The van der Waals surface area contributed by atoms with E-state index in [1.165, 1.54) is 61.4 Å². The number of rotatable bonds is 11. The topological polar surface area (TPSA) is 121 Å². The summed E-state index contributed by atoms with van der Waals surface area (Å²) in [6.45, 7) is 5.23. The zero-order chi connectivity index (χ0) is 33.7. The second-order valence-electron chi connectivity index (χ2n) is 10.3. The van der Waals surface area contributed by atoms with Crippen molar-refractivity contribution in [2.75, 3.05) is 26.1 Å². The molecular formula is C35H30F2N4O6. The van der Waals surface area contributed by atoms with Crippen molar-refractivity contribution in [1.29, 1.82) is 0 Å². The Labute approximate surface area is 268 Å². The van der Waals surface area contributed by atoms with Crippen molar-refractivity contribution in [3.63, 3.8) is 0 Å². The summed E-state index contributed by atoms with van der Waals surface area (Å²) in [7, 11) is 3.00. The summed E-state index contributed by atoms with van der Waals surface area (Å²) in [5.41, 5.74) is 1.03. The first-order valence-corrected chi connectivity index (χ1v) is 14.3. The van der Waals surface area contributed by atoms with Crippen molar-refractivity contribution in [3.05, 3.63) is 124 Å². The average Bonchev–Trinajstić information content (AvgIpc) is 3.06. The number of ether oxygens (including phenoxy) is 3. The third-order valence-corrected chi connectivity index (χ3v) is 7.40. The number of pyridine rings is 2. The van der Waals surface area contributed by atoms with Crippen LogP contribution in [-0.4, -0.2) is 42.1 Å². The van der Waals surface area contributed by atoms with Gasteiger partial charge in [-0.25, -0.2) is 8.78 Å². The zero-order valence-corrected chi connectivity index (χ0v) is 25.7. The highest BCUT2D eigenvalue weighted by atomic mass is 19.1. The van der Waals surface area contributed by atoms with Crippen LogP contribution in [0.1, 0.15) is 21.5 Å². The van der Waals surface area contributed by atoms with E-state index in [0.29, 0.717) is 45.0 Å². The third kappa shape index (κ3) is 6.96. The molecule has 2 amide bonds. The van der Waals surface area contributed by atoms with Gasteiger partial charge in [0, 0.05) is 47.8 Å². The minimum absolute atomic E-state index is 0.0709. The molecule has 0 fully saturated rings. The van der Waals surface area contributed by atoms with Crippen molar-refractivity contribution in [2.24, 2.45) is 0 Å². The normalized spacial score (nSPS) is 10.7. The molecule has 0 atom stereocenters. The summed E-state index contributed by atoms with van der Waals surface area (Å²) in [6.07, 6.45) is 4.46. The highest BCUT2D eigenvalue weighted by Gasteiger charge is 2.21. The van der Waals surface area contributed by atoms with Crippen LogP contribution in [0.25, 0.3) is 16.6 Å². The predicted molar refractivity (Wildman–Crippen MR) is 173 cm³/mol. The fraction of sp³-hybridized carbons (Fsp3) is 0.143. The van der Waals surface area contributed by atoms with E-state index in [1.54, 1.807) is 31.3 Å². The van der Waals surface area contributed by atoms with Gasteiger partial charge in [-0.3, -0.25) is 23.9 Å². The number of carbonyl (C=O) groups excluding carboxylic acids is 2. The molecule has 3 aromatic carbocycles. The molecule has 2 aromatic heterocycles. The summed E-state index contributed by atoms with van der Waals surface area (Å²) in [5.74, 6) is -1.33. The van der Waals surface area contributed by atoms with Gasteiger partial charge in [0.15, 0.2) is 23.1 Å². The molecule has 2 heterocycles. The van der Waals surface area contributed by atoms with Crippen LogP contribution in [0.3, 0.4) is 0 Å². The van der Waals surface area contributed by atoms with Crippen molar-refractivity contribution in [2.45, 2.75) is 13.3 Å². The Morgan fingerprint density at radius 2 is 1.68 bits per heavy atom. The van der Waals surface area contributed by atoms with Gasteiger partial charge < -0.3 is 24.8 Å². The molecule has 2 N–H and O–H groups in total. The first-order valence-electron chi connectivity index (χ1n) is 14.3. The van der Waals surface area contributed by atoms with Gasteiger partial charge in [-0.1, -0.05) is 6.58 Å². The first-order chi connectivity index (χ1) is 22.6.